The van der Waals surface area contributed by atoms with Gasteiger partial charge in [-0.25, -0.2) is 0 Å². The van der Waals surface area contributed by atoms with E-state index in [0.717, 1.165) is 37.1 Å². The van der Waals surface area contributed by atoms with Crippen LogP contribution in [0.1, 0.15) is 26.2 Å². The Morgan fingerprint density at radius 3 is 2.88 bits per heavy atom. The Labute approximate surface area is 102 Å². The highest BCUT2D eigenvalue weighted by molar-refractivity contribution is 6.04. The average molecular weight is 235 g/mol. The molecule has 1 aliphatic rings. The highest BCUT2D eigenvalue weighted by atomic mass is 16.1. The van der Waals surface area contributed by atoms with E-state index >= 15 is 0 Å². The quantitative estimate of drug-likeness (QED) is 0.623. The first-order valence-corrected chi connectivity index (χ1v) is 5.90. The molecule has 0 aromatic heterocycles. The van der Waals surface area contributed by atoms with Crippen molar-refractivity contribution in [2.75, 3.05) is 6.54 Å². The third kappa shape index (κ3) is 3.46. The van der Waals surface area contributed by atoms with Gasteiger partial charge in [0.05, 0.1) is 0 Å². The molecule has 4 nitrogen and oxygen atoms in total. The molecular weight excluding hydrogens is 214 g/mol. The second-order valence-electron chi connectivity index (χ2n) is 4.27. The molecule has 1 heterocycles. The summed E-state index contributed by atoms with van der Waals surface area (Å²) >= 11 is 0. The number of hydrogen-bond donors (Lipinski definition) is 3. The normalized spacial score (nSPS) is 25.1. The van der Waals surface area contributed by atoms with Crippen LogP contribution in [-0.2, 0) is 4.79 Å². The van der Waals surface area contributed by atoms with Crippen molar-refractivity contribution < 1.29 is 4.79 Å². The van der Waals surface area contributed by atoms with Crippen LogP contribution in [0, 0.1) is 0 Å². The van der Waals surface area contributed by atoms with E-state index in [9.17, 15) is 4.79 Å². The number of carbonyl (C=O) groups excluding carboxylic acids is 1. The molecule has 0 aromatic rings. The number of hydrogen-bond acceptors (Lipinski definition) is 4. The van der Waals surface area contributed by atoms with Crippen LogP contribution in [0.25, 0.3) is 0 Å². The summed E-state index contributed by atoms with van der Waals surface area (Å²) in [6, 6.07) is -0.134. The van der Waals surface area contributed by atoms with Crippen molar-refractivity contribution >= 4 is 5.78 Å². The number of rotatable bonds is 2. The minimum absolute atomic E-state index is 0.110. The van der Waals surface area contributed by atoms with Crippen molar-refractivity contribution in [1.82, 2.24) is 5.32 Å². The monoisotopic (exact) mass is 235 g/mol. The molecule has 1 atom stereocenters. The summed E-state index contributed by atoms with van der Waals surface area (Å²) in [5.41, 5.74) is 13.5. The van der Waals surface area contributed by atoms with Crippen molar-refractivity contribution in [3.05, 3.63) is 35.7 Å². The van der Waals surface area contributed by atoms with Gasteiger partial charge in [-0.15, -0.1) is 0 Å². The topological polar surface area (TPSA) is 81.1 Å². The minimum atomic E-state index is -0.134. The lowest BCUT2D eigenvalue weighted by Crippen LogP contribution is -2.32. The van der Waals surface area contributed by atoms with E-state index < -0.39 is 0 Å². The second kappa shape index (κ2) is 6.25. The molecule has 0 amide bonds. The molecule has 0 aliphatic carbocycles. The third-order valence-corrected chi connectivity index (χ3v) is 3.00. The lowest BCUT2D eigenvalue weighted by atomic mass is 9.92. The number of nitrogens with two attached hydrogens (primary N) is 2. The number of ketones is 1. The molecule has 4 heteroatoms. The SMILES string of the molecule is C=C1NCCCCC(N)/C1=C(/C)C(=O)/C=C\N. The predicted molar refractivity (Wildman–Crippen MR) is 70.0 cm³/mol. The lowest BCUT2D eigenvalue weighted by molar-refractivity contribution is -0.111. The Hall–Kier alpha value is -1.55. The second-order valence-corrected chi connectivity index (χ2v) is 4.27. The fourth-order valence-corrected chi connectivity index (χ4v) is 2.04. The van der Waals surface area contributed by atoms with Crippen LogP contribution in [0.5, 0.6) is 0 Å². The van der Waals surface area contributed by atoms with Gasteiger partial charge in [-0.05, 0) is 38.0 Å². The molecule has 0 saturated carbocycles. The van der Waals surface area contributed by atoms with E-state index in [1.807, 2.05) is 0 Å². The van der Waals surface area contributed by atoms with Crippen LogP contribution in [-0.4, -0.2) is 18.4 Å². The van der Waals surface area contributed by atoms with Gasteiger partial charge in [-0.2, -0.15) is 0 Å². The van der Waals surface area contributed by atoms with E-state index in [0.29, 0.717) is 5.57 Å². The van der Waals surface area contributed by atoms with Gasteiger partial charge in [0, 0.05) is 29.9 Å². The first-order valence-electron chi connectivity index (χ1n) is 5.90. The molecular formula is C13H21N3O. The van der Waals surface area contributed by atoms with Gasteiger partial charge in [-0.3, -0.25) is 4.79 Å². The number of allylic oxidation sites excluding steroid dienone is 2. The van der Waals surface area contributed by atoms with Crippen LogP contribution < -0.4 is 16.8 Å². The van der Waals surface area contributed by atoms with Gasteiger partial charge in [0.25, 0.3) is 0 Å². The summed E-state index contributed by atoms with van der Waals surface area (Å²) < 4.78 is 0. The van der Waals surface area contributed by atoms with Gasteiger partial charge < -0.3 is 16.8 Å². The Bertz CT molecular complexity index is 369. The van der Waals surface area contributed by atoms with Gasteiger partial charge in [0.2, 0.25) is 0 Å². The van der Waals surface area contributed by atoms with Gasteiger partial charge in [0.15, 0.2) is 5.78 Å². The van der Waals surface area contributed by atoms with Crippen LogP contribution >= 0.6 is 0 Å². The molecule has 0 aromatic carbocycles. The van der Waals surface area contributed by atoms with Crippen LogP contribution in [0.4, 0.5) is 0 Å². The summed E-state index contributed by atoms with van der Waals surface area (Å²) in [6.45, 7) is 6.60. The standard InChI is InChI=1S/C13H21N3O/c1-9(12(17)6-7-14)13-10(2)16-8-4-3-5-11(13)15/h6-7,11,16H,2-5,8,14-15H2,1H3/b7-6-,13-9-. The number of carbonyl (C=O) groups is 1. The predicted octanol–water partition coefficient (Wildman–Crippen LogP) is 0.959. The summed E-state index contributed by atoms with van der Waals surface area (Å²) in [7, 11) is 0. The Morgan fingerprint density at radius 2 is 2.24 bits per heavy atom. The van der Waals surface area contributed by atoms with Gasteiger partial charge in [-0.1, -0.05) is 6.58 Å². The Kier molecular flexibility index (Phi) is 4.97. The first kappa shape index (κ1) is 13.5. The molecule has 0 bridgehead atoms. The maximum absolute atomic E-state index is 11.8. The molecule has 1 fully saturated rings. The van der Waals surface area contributed by atoms with E-state index in [1.54, 1.807) is 6.92 Å². The summed E-state index contributed by atoms with van der Waals surface area (Å²) in [6.07, 6.45) is 5.61. The van der Waals surface area contributed by atoms with Crippen molar-refractivity contribution in [2.45, 2.75) is 32.2 Å². The molecule has 5 N–H and O–H groups in total. The lowest BCUT2D eigenvalue weighted by Gasteiger charge is -2.24. The molecule has 17 heavy (non-hydrogen) atoms. The highest BCUT2D eigenvalue weighted by Gasteiger charge is 2.19. The molecule has 0 radical (unpaired) electrons. The molecule has 0 spiro atoms. The summed E-state index contributed by atoms with van der Waals surface area (Å²) in [5, 5.41) is 3.20. The maximum atomic E-state index is 11.8. The first-order chi connectivity index (χ1) is 8.07. The Balaban J connectivity index is 3.05. The van der Waals surface area contributed by atoms with Crippen molar-refractivity contribution in [1.29, 1.82) is 0 Å². The zero-order valence-corrected chi connectivity index (χ0v) is 10.3. The van der Waals surface area contributed by atoms with Crippen molar-refractivity contribution in [3.63, 3.8) is 0 Å². The van der Waals surface area contributed by atoms with Crippen molar-refractivity contribution in [3.8, 4) is 0 Å². The fraction of sp³-hybridized carbons (Fsp3) is 0.462. The zero-order chi connectivity index (χ0) is 12.8. The van der Waals surface area contributed by atoms with Crippen molar-refractivity contribution in [2.24, 2.45) is 11.5 Å². The maximum Gasteiger partial charge on any atom is 0.183 e. The van der Waals surface area contributed by atoms with Crippen LogP contribution in [0.2, 0.25) is 0 Å². The molecule has 1 aliphatic heterocycles. The average Bonchev–Trinajstić information content (AvgIpc) is 2.27. The Morgan fingerprint density at radius 1 is 1.53 bits per heavy atom. The fourth-order valence-electron chi connectivity index (χ4n) is 2.04. The summed E-state index contributed by atoms with van der Waals surface area (Å²) in [4.78, 5) is 11.8. The van der Waals surface area contributed by atoms with Gasteiger partial charge in [0.1, 0.15) is 0 Å². The van der Waals surface area contributed by atoms with E-state index in [-0.39, 0.29) is 11.8 Å². The molecule has 1 saturated heterocycles. The van der Waals surface area contributed by atoms with E-state index in [4.69, 9.17) is 11.5 Å². The highest BCUT2D eigenvalue weighted by Crippen LogP contribution is 2.21. The van der Waals surface area contributed by atoms with Gasteiger partial charge >= 0.3 is 0 Å². The molecule has 1 rings (SSSR count). The largest absolute Gasteiger partial charge is 0.404 e. The minimum Gasteiger partial charge on any atom is -0.404 e. The van der Waals surface area contributed by atoms with Crippen LogP contribution in [0.3, 0.4) is 0 Å². The molecule has 1 unspecified atom stereocenters. The molecule has 94 valence electrons. The summed E-state index contributed by atoms with van der Waals surface area (Å²) in [5.74, 6) is -0.110. The number of nitrogens with one attached hydrogen (secondary N) is 1. The smallest absolute Gasteiger partial charge is 0.183 e. The van der Waals surface area contributed by atoms with E-state index in [1.165, 1.54) is 12.3 Å². The third-order valence-electron chi connectivity index (χ3n) is 3.00. The zero-order valence-electron chi connectivity index (χ0n) is 10.3. The van der Waals surface area contributed by atoms with Crippen LogP contribution in [0.15, 0.2) is 35.7 Å². The van der Waals surface area contributed by atoms with E-state index in [2.05, 4.69) is 11.9 Å².